The number of anilines is 1. The van der Waals surface area contributed by atoms with E-state index >= 15 is 0 Å². The largest absolute Gasteiger partial charge is 0.345 e. The topological polar surface area (TPSA) is 53.5 Å². The molecule has 0 bridgehead atoms. The van der Waals surface area contributed by atoms with Crippen LogP contribution in [0.1, 0.15) is 39.1 Å². The van der Waals surface area contributed by atoms with Crippen molar-refractivity contribution in [1.82, 2.24) is 9.29 Å². The SMILES string of the molecule is Cc1cc(C)c(S(=O)(=O)N2CCN(c3nc(Cc4c(C)cccc4C)cs3)CC2)c(C)c1. The van der Waals surface area contributed by atoms with E-state index in [1.165, 1.54) is 16.7 Å². The van der Waals surface area contributed by atoms with E-state index in [0.717, 1.165) is 33.9 Å². The smallest absolute Gasteiger partial charge is 0.243 e. The summed E-state index contributed by atoms with van der Waals surface area (Å²) in [7, 11) is -3.50. The first-order valence-electron chi connectivity index (χ1n) is 11.0. The number of sulfonamides is 1. The average Bonchev–Trinajstić information content (AvgIpc) is 3.19. The van der Waals surface area contributed by atoms with Gasteiger partial charge in [-0.1, -0.05) is 35.9 Å². The predicted molar refractivity (Wildman–Crippen MR) is 132 cm³/mol. The lowest BCUT2D eigenvalue weighted by atomic mass is 9.99. The molecule has 7 heteroatoms. The van der Waals surface area contributed by atoms with E-state index in [1.54, 1.807) is 15.6 Å². The van der Waals surface area contributed by atoms with Gasteiger partial charge in [0.1, 0.15) is 0 Å². The number of hydrogen-bond donors (Lipinski definition) is 0. The van der Waals surface area contributed by atoms with Crippen molar-refractivity contribution in [1.29, 1.82) is 0 Å². The Balaban J connectivity index is 1.46. The lowest BCUT2D eigenvalue weighted by Crippen LogP contribution is -2.48. The Morgan fingerprint density at radius 3 is 2.09 bits per heavy atom. The quantitative estimate of drug-likeness (QED) is 0.539. The van der Waals surface area contributed by atoms with Crippen LogP contribution in [0.25, 0.3) is 0 Å². The standard InChI is InChI=1S/C25H31N3O2S2/c1-17-13-20(4)24(21(5)14-17)32(29,30)28-11-9-27(10-12-28)25-26-22(16-31-25)15-23-18(2)7-6-8-19(23)3/h6-8,13-14,16H,9-12,15H2,1-5H3. The summed E-state index contributed by atoms with van der Waals surface area (Å²) >= 11 is 1.65. The molecule has 1 aromatic heterocycles. The Morgan fingerprint density at radius 1 is 0.906 bits per heavy atom. The highest BCUT2D eigenvalue weighted by molar-refractivity contribution is 7.89. The summed E-state index contributed by atoms with van der Waals surface area (Å²) in [5.74, 6) is 0. The maximum Gasteiger partial charge on any atom is 0.243 e. The zero-order valence-electron chi connectivity index (χ0n) is 19.5. The third kappa shape index (κ3) is 4.47. The van der Waals surface area contributed by atoms with Crippen molar-refractivity contribution in [2.45, 2.75) is 45.9 Å². The number of thiazole rings is 1. The van der Waals surface area contributed by atoms with E-state index in [2.05, 4.69) is 42.3 Å². The van der Waals surface area contributed by atoms with E-state index in [-0.39, 0.29) is 0 Å². The minimum absolute atomic E-state index is 0.460. The van der Waals surface area contributed by atoms with Crippen molar-refractivity contribution in [3.8, 4) is 0 Å². The van der Waals surface area contributed by atoms with E-state index in [9.17, 15) is 8.42 Å². The van der Waals surface area contributed by atoms with Crippen molar-refractivity contribution in [2.24, 2.45) is 0 Å². The fraction of sp³-hybridized carbons (Fsp3) is 0.400. The van der Waals surface area contributed by atoms with E-state index in [4.69, 9.17) is 4.98 Å². The summed E-state index contributed by atoms with van der Waals surface area (Å²) in [4.78, 5) is 7.54. The Bertz CT molecular complexity index is 1200. The second-order valence-electron chi connectivity index (χ2n) is 8.79. The minimum atomic E-state index is -3.50. The van der Waals surface area contributed by atoms with Gasteiger partial charge in [-0.15, -0.1) is 11.3 Å². The second kappa shape index (κ2) is 8.96. The van der Waals surface area contributed by atoms with Crippen LogP contribution in [0.3, 0.4) is 0 Å². The number of benzene rings is 2. The molecular weight excluding hydrogens is 438 g/mol. The van der Waals surface area contributed by atoms with Crippen molar-refractivity contribution < 1.29 is 8.42 Å². The van der Waals surface area contributed by atoms with Crippen LogP contribution in [0.5, 0.6) is 0 Å². The molecule has 2 aromatic carbocycles. The first-order valence-corrected chi connectivity index (χ1v) is 13.3. The molecule has 5 nitrogen and oxygen atoms in total. The summed E-state index contributed by atoms with van der Waals surface area (Å²) in [5.41, 5.74) is 7.72. The summed E-state index contributed by atoms with van der Waals surface area (Å²) in [6.07, 6.45) is 0.829. The Hall–Kier alpha value is -2.22. The molecule has 0 radical (unpaired) electrons. The third-order valence-corrected chi connectivity index (χ3v) is 9.41. The molecule has 4 rings (SSSR count). The maximum absolute atomic E-state index is 13.3. The molecule has 1 aliphatic heterocycles. The second-order valence-corrected chi connectivity index (χ2v) is 11.5. The van der Waals surface area contributed by atoms with Crippen LogP contribution in [0, 0.1) is 34.6 Å². The molecule has 1 saturated heterocycles. The Morgan fingerprint density at radius 2 is 1.50 bits per heavy atom. The molecule has 0 spiro atoms. The van der Waals surface area contributed by atoms with Gasteiger partial charge in [0.15, 0.2) is 5.13 Å². The van der Waals surface area contributed by atoms with Crippen LogP contribution >= 0.6 is 11.3 Å². The Kier molecular flexibility index (Phi) is 6.43. The highest BCUT2D eigenvalue weighted by Gasteiger charge is 2.31. The van der Waals surface area contributed by atoms with Crippen molar-refractivity contribution in [3.05, 3.63) is 74.8 Å². The van der Waals surface area contributed by atoms with Gasteiger partial charge in [-0.25, -0.2) is 13.4 Å². The van der Waals surface area contributed by atoms with Crippen LogP contribution in [-0.2, 0) is 16.4 Å². The third-order valence-electron chi connectivity index (χ3n) is 6.25. The summed E-state index contributed by atoms with van der Waals surface area (Å²) in [6.45, 7) is 12.3. The molecule has 3 aromatic rings. The van der Waals surface area contributed by atoms with Crippen LogP contribution in [0.4, 0.5) is 5.13 Å². The highest BCUT2D eigenvalue weighted by Crippen LogP contribution is 2.29. The van der Waals surface area contributed by atoms with E-state index in [1.807, 2.05) is 32.9 Å². The minimum Gasteiger partial charge on any atom is -0.345 e. The number of piperazine rings is 1. The molecular formula is C25H31N3O2S2. The van der Waals surface area contributed by atoms with E-state index in [0.29, 0.717) is 31.1 Å². The van der Waals surface area contributed by atoms with Gasteiger partial charge in [0, 0.05) is 38.0 Å². The van der Waals surface area contributed by atoms with Gasteiger partial charge >= 0.3 is 0 Å². The van der Waals surface area contributed by atoms with E-state index < -0.39 is 10.0 Å². The van der Waals surface area contributed by atoms with Crippen LogP contribution < -0.4 is 4.90 Å². The Labute approximate surface area is 195 Å². The first-order chi connectivity index (χ1) is 15.2. The maximum atomic E-state index is 13.3. The van der Waals surface area contributed by atoms with Crippen LogP contribution in [0.2, 0.25) is 0 Å². The molecule has 1 fully saturated rings. The molecule has 2 heterocycles. The summed E-state index contributed by atoms with van der Waals surface area (Å²) in [5, 5.41) is 3.11. The number of aromatic nitrogens is 1. The number of rotatable bonds is 5. The van der Waals surface area contributed by atoms with Crippen LogP contribution in [0.15, 0.2) is 40.6 Å². The fourth-order valence-electron chi connectivity index (χ4n) is 4.65. The normalized spacial score (nSPS) is 15.3. The zero-order chi connectivity index (χ0) is 23.0. The lowest BCUT2D eigenvalue weighted by molar-refractivity contribution is 0.384. The number of nitrogens with zero attached hydrogens (tertiary/aromatic N) is 3. The van der Waals surface area contributed by atoms with Gasteiger partial charge in [-0.2, -0.15) is 4.31 Å². The molecule has 0 N–H and O–H groups in total. The van der Waals surface area contributed by atoms with Crippen molar-refractivity contribution >= 4 is 26.5 Å². The summed E-state index contributed by atoms with van der Waals surface area (Å²) in [6, 6.07) is 10.3. The molecule has 0 unspecified atom stereocenters. The molecule has 32 heavy (non-hydrogen) atoms. The monoisotopic (exact) mass is 469 g/mol. The average molecular weight is 470 g/mol. The zero-order valence-corrected chi connectivity index (χ0v) is 21.1. The number of aryl methyl sites for hydroxylation is 5. The predicted octanol–water partition coefficient (Wildman–Crippen LogP) is 4.79. The van der Waals surface area contributed by atoms with Crippen molar-refractivity contribution in [2.75, 3.05) is 31.1 Å². The summed E-state index contributed by atoms with van der Waals surface area (Å²) < 4.78 is 28.3. The van der Waals surface area contributed by atoms with Gasteiger partial charge < -0.3 is 4.90 Å². The lowest BCUT2D eigenvalue weighted by Gasteiger charge is -2.34. The molecule has 1 aliphatic rings. The van der Waals surface area contributed by atoms with Crippen LogP contribution in [-0.4, -0.2) is 43.9 Å². The van der Waals surface area contributed by atoms with Gasteiger partial charge in [0.05, 0.1) is 10.6 Å². The molecule has 0 amide bonds. The molecule has 0 atom stereocenters. The molecule has 0 saturated carbocycles. The van der Waals surface area contributed by atoms with Gasteiger partial charge in [-0.3, -0.25) is 0 Å². The van der Waals surface area contributed by atoms with Gasteiger partial charge in [-0.05, 0) is 62.4 Å². The number of hydrogen-bond acceptors (Lipinski definition) is 5. The van der Waals surface area contributed by atoms with Gasteiger partial charge in [0.2, 0.25) is 10.0 Å². The molecule has 170 valence electrons. The van der Waals surface area contributed by atoms with Gasteiger partial charge in [0.25, 0.3) is 0 Å². The van der Waals surface area contributed by atoms with Crippen molar-refractivity contribution in [3.63, 3.8) is 0 Å². The highest BCUT2D eigenvalue weighted by atomic mass is 32.2. The first kappa shape index (κ1) is 23.0. The fourth-order valence-corrected chi connectivity index (χ4v) is 7.37. The molecule has 0 aliphatic carbocycles.